The van der Waals surface area contributed by atoms with E-state index in [0.29, 0.717) is 35.4 Å². The number of rotatable bonds is 6. The van der Waals surface area contributed by atoms with E-state index in [4.69, 9.17) is 0 Å². The number of nitrogens with one attached hydrogen (secondary N) is 2. The number of sulfonamides is 1. The summed E-state index contributed by atoms with van der Waals surface area (Å²) in [4.78, 5) is 23.4. The van der Waals surface area contributed by atoms with Crippen molar-refractivity contribution < 1.29 is 8.42 Å². The van der Waals surface area contributed by atoms with Crippen molar-refractivity contribution in [2.45, 2.75) is 24.7 Å². The molecule has 0 radical (unpaired) electrons. The predicted molar refractivity (Wildman–Crippen MR) is 119 cm³/mol. The summed E-state index contributed by atoms with van der Waals surface area (Å²) in [6.07, 6.45) is 3.27. The number of piperidine rings is 1. The summed E-state index contributed by atoms with van der Waals surface area (Å²) >= 11 is 0. The molecule has 2 aromatic heterocycles. The van der Waals surface area contributed by atoms with E-state index in [1.807, 2.05) is 18.2 Å². The summed E-state index contributed by atoms with van der Waals surface area (Å²) in [6, 6.07) is 13.7. The van der Waals surface area contributed by atoms with Crippen molar-refractivity contribution in [1.82, 2.24) is 19.3 Å². The molecule has 0 aliphatic carbocycles. The lowest BCUT2D eigenvalue weighted by Crippen LogP contribution is -2.39. The Labute approximate surface area is 181 Å². The molecule has 1 aliphatic rings. The van der Waals surface area contributed by atoms with E-state index >= 15 is 0 Å². The Bertz CT molecular complexity index is 1190. The summed E-state index contributed by atoms with van der Waals surface area (Å²) in [6.45, 7) is 3.54. The van der Waals surface area contributed by atoms with E-state index < -0.39 is 10.0 Å². The number of nitrogens with zero attached hydrogens (tertiary/aromatic N) is 3. The van der Waals surface area contributed by atoms with Crippen LogP contribution in [0.4, 0.5) is 5.82 Å². The second-order valence-corrected chi connectivity index (χ2v) is 9.65. The molecule has 1 aliphatic heterocycles. The molecule has 1 fully saturated rings. The Kier molecular flexibility index (Phi) is 6.15. The summed E-state index contributed by atoms with van der Waals surface area (Å²) in [7, 11) is -3.42. The quantitative estimate of drug-likeness (QED) is 0.611. The van der Waals surface area contributed by atoms with E-state index in [0.717, 1.165) is 30.8 Å². The molecular formula is C22H25N5O3S. The zero-order chi connectivity index (χ0) is 21.8. The third-order valence-electron chi connectivity index (χ3n) is 5.43. The van der Waals surface area contributed by atoms with Crippen molar-refractivity contribution in [1.29, 1.82) is 0 Å². The Morgan fingerprint density at radius 3 is 2.52 bits per heavy atom. The standard InChI is InChI=1S/C22H25N5O3S/c1-16-13-21(28)26-22(25-16)18-7-8-20(24-15-18)23-14-17-9-11-27(12-10-17)31(29,30)19-5-3-2-4-6-19/h2-8,13,15,17H,9-12,14H2,1H3,(H,23,24)(H,25,26,28). The third-order valence-corrected chi connectivity index (χ3v) is 7.35. The van der Waals surface area contributed by atoms with Gasteiger partial charge in [0.25, 0.3) is 5.56 Å². The van der Waals surface area contributed by atoms with E-state index in [1.165, 1.54) is 6.07 Å². The van der Waals surface area contributed by atoms with Gasteiger partial charge in [-0.2, -0.15) is 4.31 Å². The lowest BCUT2D eigenvalue weighted by molar-refractivity contribution is 0.282. The highest BCUT2D eigenvalue weighted by Gasteiger charge is 2.29. The molecule has 0 bridgehead atoms. The molecule has 1 aromatic carbocycles. The minimum atomic E-state index is -3.42. The lowest BCUT2D eigenvalue weighted by atomic mass is 9.98. The molecule has 162 valence electrons. The van der Waals surface area contributed by atoms with Crippen LogP contribution < -0.4 is 10.9 Å². The zero-order valence-electron chi connectivity index (χ0n) is 17.3. The molecule has 8 nitrogen and oxygen atoms in total. The number of aryl methyl sites for hydroxylation is 1. The first-order valence-corrected chi connectivity index (χ1v) is 11.7. The molecule has 0 spiro atoms. The number of benzene rings is 1. The molecule has 4 rings (SSSR count). The number of hydrogen-bond donors (Lipinski definition) is 2. The van der Waals surface area contributed by atoms with Gasteiger partial charge in [0.2, 0.25) is 10.0 Å². The minimum Gasteiger partial charge on any atom is -0.370 e. The normalized spacial score (nSPS) is 15.6. The maximum Gasteiger partial charge on any atom is 0.251 e. The Morgan fingerprint density at radius 2 is 1.87 bits per heavy atom. The number of H-pyrrole nitrogens is 1. The van der Waals surface area contributed by atoms with Crippen LogP contribution in [0.25, 0.3) is 11.4 Å². The fourth-order valence-corrected chi connectivity index (χ4v) is 5.19. The smallest absolute Gasteiger partial charge is 0.251 e. The van der Waals surface area contributed by atoms with Gasteiger partial charge in [-0.15, -0.1) is 0 Å². The first-order valence-electron chi connectivity index (χ1n) is 10.3. The molecule has 0 atom stereocenters. The maximum absolute atomic E-state index is 12.7. The molecular weight excluding hydrogens is 414 g/mol. The predicted octanol–water partition coefficient (Wildman–Crippen LogP) is 2.65. The molecule has 0 amide bonds. The van der Waals surface area contributed by atoms with Crippen LogP contribution in [0.5, 0.6) is 0 Å². The number of aromatic nitrogens is 3. The number of hydrogen-bond acceptors (Lipinski definition) is 6. The average Bonchev–Trinajstić information content (AvgIpc) is 2.78. The Morgan fingerprint density at radius 1 is 1.13 bits per heavy atom. The molecule has 3 aromatic rings. The fraction of sp³-hybridized carbons (Fsp3) is 0.318. The van der Waals surface area contributed by atoms with Crippen LogP contribution in [-0.2, 0) is 10.0 Å². The number of aromatic amines is 1. The molecule has 31 heavy (non-hydrogen) atoms. The van der Waals surface area contributed by atoms with Gasteiger partial charge in [0.05, 0.1) is 4.90 Å². The highest BCUT2D eigenvalue weighted by molar-refractivity contribution is 7.89. The lowest BCUT2D eigenvalue weighted by Gasteiger charge is -2.31. The summed E-state index contributed by atoms with van der Waals surface area (Å²) in [5.74, 6) is 1.60. The second-order valence-electron chi connectivity index (χ2n) is 7.71. The molecule has 0 saturated carbocycles. The van der Waals surface area contributed by atoms with Crippen LogP contribution in [0.15, 0.2) is 64.4 Å². The zero-order valence-corrected chi connectivity index (χ0v) is 18.1. The highest BCUT2D eigenvalue weighted by atomic mass is 32.2. The topological polar surface area (TPSA) is 108 Å². The van der Waals surface area contributed by atoms with Gasteiger partial charge in [-0.3, -0.25) is 4.79 Å². The van der Waals surface area contributed by atoms with Gasteiger partial charge in [-0.1, -0.05) is 18.2 Å². The van der Waals surface area contributed by atoms with Crippen LogP contribution in [0.1, 0.15) is 18.5 Å². The maximum atomic E-state index is 12.7. The van der Waals surface area contributed by atoms with E-state index in [2.05, 4.69) is 20.3 Å². The first kappa shape index (κ1) is 21.2. The summed E-state index contributed by atoms with van der Waals surface area (Å²) in [5.41, 5.74) is 1.21. The van der Waals surface area contributed by atoms with Crippen molar-refractivity contribution in [2.24, 2.45) is 5.92 Å². The molecule has 3 heterocycles. The van der Waals surface area contributed by atoms with Gasteiger partial charge in [-0.25, -0.2) is 18.4 Å². The van der Waals surface area contributed by atoms with E-state index in [1.54, 1.807) is 41.7 Å². The molecule has 2 N–H and O–H groups in total. The van der Waals surface area contributed by atoms with Crippen LogP contribution in [-0.4, -0.2) is 47.3 Å². The number of pyridine rings is 1. The van der Waals surface area contributed by atoms with Crippen molar-refractivity contribution >= 4 is 15.8 Å². The van der Waals surface area contributed by atoms with Gasteiger partial charge >= 0.3 is 0 Å². The van der Waals surface area contributed by atoms with Crippen LogP contribution in [0.2, 0.25) is 0 Å². The van der Waals surface area contributed by atoms with Gasteiger partial charge in [0, 0.05) is 43.2 Å². The van der Waals surface area contributed by atoms with Gasteiger partial charge in [0.15, 0.2) is 0 Å². The average molecular weight is 440 g/mol. The van der Waals surface area contributed by atoms with Crippen LogP contribution in [0.3, 0.4) is 0 Å². The Balaban J connectivity index is 1.31. The Hall–Kier alpha value is -3.04. The van der Waals surface area contributed by atoms with Gasteiger partial charge in [-0.05, 0) is 49.9 Å². The van der Waals surface area contributed by atoms with Gasteiger partial charge < -0.3 is 10.3 Å². The van der Waals surface area contributed by atoms with Crippen molar-refractivity contribution in [2.75, 3.05) is 25.0 Å². The molecule has 9 heteroatoms. The summed E-state index contributed by atoms with van der Waals surface area (Å²) < 4.78 is 27.0. The van der Waals surface area contributed by atoms with E-state index in [-0.39, 0.29) is 5.56 Å². The van der Waals surface area contributed by atoms with E-state index in [9.17, 15) is 13.2 Å². The monoisotopic (exact) mass is 439 g/mol. The third kappa shape index (κ3) is 5.00. The van der Waals surface area contributed by atoms with Gasteiger partial charge in [0.1, 0.15) is 11.6 Å². The SMILES string of the molecule is Cc1cc(=O)[nH]c(-c2ccc(NCC3CCN(S(=O)(=O)c4ccccc4)CC3)nc2)n1. The largest absolute Gasteiger partial charge is 0.370 e. The van der Waals surface area contributed by atoms with Crippen molar-refractivity contribution in [3.05, 3.63) is 70.8 Å². The van der Waals surface area contributed by atoms with Crippen molar-refractivity contribution in [3.63, 3.8) is 0 Å². The minimum absolute atomic E-state index is 0.190. The van der Waals surface area contributed by atoms with Crippen LogP contribution in [0, 0.1) is 12.8 Å². The first-order chi connectivity index (χ1) is 14.9. The summed E-state index contributed by atoms with van der Waals surface area (Å²) in [5, 5.41) is 3.33. The van der Waals surface area contributed by atoms with Crippen molar-refractivity contribution in [3.8, 4) is 11.4 Å². The highest BCUT2D eigenvalue weighted by Crippen LogP contribution is 2.24. The second kappa shape index (κ2) is 8.99. The fourth-order valence-electron chi connectivity index (χ4n) is 3.70. The molecule has 1 saturated heterocycles. The number of anilines is 1. The molecule has 0 unspecified atom stereocenters. The van der Waals surface area contributed by atoms with Crippen LogP contribution >= 0.6 is 0 Å².